The Morgan fingerprint density at radius 1 is 1.56 bits per heavy atom. The first-order valence-corrected chi connectivity index (χ1v) is 5.25. The SMILES string of the molecule is Cc1nccn1C1C[C@@H](O)[C@H](O)[C@@H](CO)O1. The number of aliphatic hydroxyl groups is 3. The number of aromatic nitrogens is 2. The van der Waals surface area contributed by atoms with E-state index in [9.17, 15) is 10.2 Å². The molecule has 0 amide bonds. The van der Waals surface area contributed by atoms with E-state index in [0.29, 0.717) is 0 Å². The van der Waals surface area contributed by atoms with Crippen LogP contribution in [-0.4, -0.2) is 49.8 Å². The molecule has 0 saturated carbocycles. The molecule has 0 aliphatic carbocycles. The predicted octanol–water partition coefficient (Wildman–Crippen LogP) is -0.807. The molecule has 2 rings (SSSR count). The second kappa shape index (κ2) is 4.50. The highest BCUT2D eigenvalue weighted by atomic mass is 16.5. The Bertz CT molecular complexity index is 354. The minimum atomic E-state index is -1.04. The van der Waals surface area contributed by atoms with Crippen LogP contribution in [0.3, 0.4) is 0 Å². The average molecular weight is 228 g/mol. The fourth-order valence-electron chi connectivity index (χ4n) is 1.95. The van der Waals surface area contributed by atoms with Crippen LogP contribution in [0.2, 0.25) is 0 Å². The second-order valence-electron chi connectivity index (χ2n) is 3.99. The second-order valence-corrected chi connectivity index (χ2v) is 3.99. The summed E-state index contributed by atoms with van der Waals surface area (Å²) in [6.45, 7) is 1.51. The van der Waals surface area contributed by atoms with Crippen molar-refractivity contribution in [2.24, 2.45) is 0 Å². The first-order valence-electron chi connectivity index (χ1n) is 5.25. The number of imidazole rings is 1. The fourth-order valence-corrected chi connectivity index (χ4v) is 1.95. The van der Waals surface area contributed by atoms with E-state index in [1.165, 1.54) is 0 Å². The van der Waals surface area contributed by atoms with Crippen molar-refractivity contribution >= 4 is 0 Å². The van der Waals surface area contributed by atoms with Crippen molar-refractivity contribution in [1.82, 2.24) is 9.55 Å². The van der Waals surface area contributed by atoms with Crippen LogP contribution in [0.5, 0.6) is 0 Å². The van der Waals surface area contributed by atoms with E-state index in [2.05, 4.69) is 4.98 Å². The van der Waals surface area contributed by atoms with Crippen LogP contribution in [0.25, 0.3) is 0 Å². The number of aliphatic hydroxyl groups excluding tert-OH is 3. The minimum Gasteiger partial charge on any atom is -0.394 e. The fraction of sp³-hybridized carbons (Fsp3) is 0.700. The molecular formula is C10H16N2O4. The standard InChI is InChI=1S/C10H16N2O4/c1-6-11-2-3-12(6)9-4-7(14)10(15)8(5-13)16-9/h2-3,7-10,13-15H,4-5H2,1H3/t7-,8-,9?,10+/m1/s1. The van der Waals surface area contributed by atoms with Gasteiger partial charge in [-0.2, -0.15) is 0 Å². The molecule has 90 valence electrons. The molecule has 6 heteroatoms. The van der Waals surface area contributed by atoms with Crippen LogP contribution in [0.4, 0.5) is 0 Å². The van der Waals surface area contributed by atoms with Crippen LogP contribution >= 0.6 is 0 Å². The van der Waals surface area contributed by atoms with Gasteiger partial charge in [-0.25, -0.2) is 4.98 Å². The normalized spacial score (nSPS) is 35.2. The molecule has 3 N–H and O–H groups in total. The largest absolute Gasteiger partial charge is 0.394 e. The Hall–Kier alpha value is -0.950. The molecule has 1 unspecified atom stereocenters. The molecular weight excluding hydrogens is 212 g/mol. The highest BCUT2D eigenvalue weighted by Crippen LogP contribution is 2.28. The van der Waals surface area contributed by atoms with Gasteiger partial charge in [0.25, 0.3) is 0 Å². The maximum Gasteiger partial charge on any atom is 0.138 e. The van der Waals surface area contributed by atoms with Gasteiger partial charge in [-0.05, 0) is 6.92 Å². The zero-order valence-corrected chi connectivity index (χ0v) is 9.02. The van der Waals surface area contributed by atoms with E-state index in [-0.39, 0.29) is 13.0 Å². The smallest absolute Gasteiger partial charge is 0.138 e. The Labute approximate surface area is 93.1 Å². The number of ether oxygens (including phenoxy) is 1. The summed E-state index contributed by atoms with van der Waals surface area (Å²) < 4.78 is 7.28. The lowest BCUT2D eigenvalue weighted by Crippen LogP contribution is -2.48. The molecule has 4 atom stereocenters. The molecule has 1 fully saturated rings. The number of hydrogen-bond acceptors (Lipinski definition) is 5. The lowest BCUT2D eigenvalue weighted by molar-refractivity contribution is -0.201. The molecule has 1 aliphatic heterocycles. The Kier molecular flexibility index (Phi) is 3.25. The van der Waals surface area contributed by atoms with E-state index in [0.717, 1.165) is 5.82 Å². The van der Waals surface area contributed by atoms with Crippen LogP contribution in [0, 0.1) is 6.92 Å². The van der Waals surface area contributed by atoms with Gasteiger partial charge < -0.3 is 24.6 Å². The third kappa shape index (κ3) is 1.97. The van der Waals surface area contributed by atoms with Gasteiger partial charge in [0.05, 0.1) is 12.7 Å². The number of nitrogens with zero attached hydrogens (tertiary/aromatic N) is 2. The maximum absolute atomic E-state index is 9.66. The quantitative estimate of drug-likeness (QED) is 0.616. The number of aryl methyl sites for hydroxylation is 1. The molecule has 16 heavy (non-hydrogen) atoms. The van der Waals surface area contributed by atoms with Gasteiger partial charge in [0.15, 0.2) is 0 Å². The first kappa shape index (κ1) is 11.5. The summed E-state index contributed by atoms with van der Waals surface area (Å²) >= 11 is 0. The van der Waals surface area contributed by atoms with Gasteiger partial charge in [0, 0.05) is 18.8 Å². The molecule has 0 bridgehead atoms. The number of hydrogen-bond donors (Lipinski definition) is 3. The van der Waals surface area contributed by atoms with Crippen molar-refractivity contribution < 1.29 is 20.1 Å². The van der Waals surface area contributed by atoms with E-state index < -0.39 is 24.5 Å². The molecule has 2 heterocycles. The molecule has 6 nitrogen and oxygen atoms in total. The van der Waals surface area contributed by atoms with Gasteiger partial charge in [-0.15, -0.1) is 0 Å². The third-order valence-electron chi connectivity index (χ3n) is 2.90. The van der Waals surface area contributed by atoms with Gasteiger partial charge in [-0.3, -0.25) is 0 Å². The van der Waals surface area contributed by atoms with Gasteiger partial charge in [0.1, 0.15) is 24.3 Å². The summed E-state index contributed by atoms with van der Waals surface area (Å²) in [5.41, 5.74) is 0. The van der Waals surface area contributed by atoms with Gasteiger partial charge in [-0.1, -0.05) is 0 Å². The summed E-state index contributed by atoms with van der Waals surface area (Å²) in [5.74, 6) is 0.769. The van der Waals surface area contributed by atoms with Crippen molar-refractivity contribution in [3.05, 3.63) is 18.2 Å². The Morgan fingerprint density at radius 3 is 2.88 bits per heavy atom. The first-order chi connectivity index (χ1) is 7.63. The van der Waals surface area contributed by atoms with E-state index in [1.807, 2.05) is 6.92 Å². The topological polar surface area (TPSA) is 87.7 Å². The lowest BCUT2D eigenvalue weighted by atomic mass is 10.0. The van der Waals surface area contributed by atoms with Crippen LogP contribution < -0.4 is 0 Å². The maximum atomic E-state index is 9.66. The van der Waals surface area contributed by atoms with E-state index in [4.69, 9.17) is 9.84 Å². The van der Waals surface area contributed by atoms with Crippen molar-refractivity contribution in [3.63, 3.8) is 0 Å². The summed E-state index contributed by atoms with van der Waals surface area (Å²) in [5, 5.41) is 28.3. The van der Waals surface area contributed by atoms with Crippen LogP contribution in [0.15, 0.2) is 12.4 Å². The van der Waals surface area contributed by atoms with Crippen molar-refractivity contribution in [2.45, 2.75) is 37.9 Å². The van der Waals surface area contributed by atoms with Crippen molar-refractivity contribution in [1.29, 1.82) is 0 Å². The van der Waals surface area contributed by atoms with Crippen molar-refractivity contribution in [3.8, 4) is 0 Å². The van der Waals surface area contributed by atoms with Gasteiger partial charge >= 0.3 is 0 Å². The minimum absolute atomic E-state index is 0.287. The third-order valence-corrected chi connectivity index (χ3v) is 2.90. The summed E-state index contributed by atoms with van der Waals surface area (Å²) in [4.78, 5) is 4.06. The summed E-state index contributed by atoms with van der Waals surface area (Å²) in [6.07, 6.45) is 0.606. The van der Waals surface area contributed by atoms with E-state index in [1.54, 1.807) is 17.0 Å². The lowest BCUT2D eigenvalue weighted by Gasteiger charge is -2.37. The zero-order chi connectivity index (χ0) is 11.7. The molecule has 0 radical (unpaired) electrons. The molecule has 1 aromatic heterocycles. The molecule has 0 aromatic carbocycles. The van der Waals surface area contributed by atoms with Crippen LogP contribution in [0.1, 0.15) is 18.5 Å². The monoisotopic (exact) mass is 228 g/mol. The summed E-state index contributed by atoms with van der Waals surface area (Å²) in [7, 11) is 0. The average Bonchev–Trinajstić information content (AvgIpc) is 2.68. The molecule has 1 saturated heterocycles. The van der Waals surface area contributed by atoms with Gasteiger partial charge in [0.2, 0.25) is 0 Å². The number of rotatable bonds is 2. The van der Waals surface area contributed by atoms with Crippen LogP contribution in [-0.2, 0) is 4.74 Å². The van der Waals surface area contributed by atoms with Crippen molar-refractivity contribution in [2.75, 3.05) is 6.61 Å². The highest BCUT2D eigenvalue weighted by Gasteiger charge is 2.37. The Morgan fingerprint density at radius 2 is 2.31 bits per heavy atom. The molecule has 1 aliphatic rings. The zero-order valence-electron chi connectivity index (χ0n) is 9.02. The Balaban J connectivity index is 2.16. The summed E-state index contributed by atoms with van der Waals surface area (Å²) in [6, 6.07) is 0. The molecule has 0 spiro atoms. The van der Waals surface area contributed by atoms with E-state index >= 15 is 0 Å². The molecule has 1 aromatic rings. The highest BCUT2D eigenvalue weighted by molar-refractivity contribution is 4.93. The predicted molar refractivity (Wildman–Crippen MR) is 54.6 cm³/mol.